The predicted molar refractivity (Wildman–Crippen MR) is 82.5 cm³/mol. The first-order valence-corrected chi connectivity index (χ1v) is 7.65. The van der Waals surface area contributed by atoms with Crippen LogP contribution in [0.25, 0.3) is 0 Å². The molecule has 1 heterocycles. The van der Waals surface area contributed by atoms with Crippen LogP contribution in [0.3, 0.4) is 0 Å². The van der Waals surface area contributed by atoms with Crippen LogP contribution in [0.4, 0.5) is 0 Å². The van der Waals surface area contributed by atoms with Crippen LogP contribution in [0, 0.1) is 5.41 Å². The van der Waals surface area contributed by atoms with E-state index in [2.05, 4.69) is 0 Å². The Morgan fingerprint density at radius 1 is 1.22 bits per heavy atom. The van der Waals surface area contributed by atoms with Crippen molar-refractivity contribution in [3.63, 3.8) is 0 Å². The molecule has 0 saturated carbocycles. The van der Waals surface area contributed by atoms with E-state index in [1.54, 1.807) is 33.1 Å². The summed E-state index contributed by atoms with van der Waals surface area (Å²) in [5.41, 5.74) is -0.632. The Bertz CT molecular complexity index is 577. The van der Waals surface area contributed by atoms with E-state index >= 15 is 0 Å². The van der Waals surface area contributed by atoms with Gasteiger partial charge in [-0.05, 0) is 39.0 Å². The molecule has 0 spiro atoms. The maximum Gasteiger partial charge on any atom is 0.327 e. The summed E-state index contributed by atoms with van der Waals surface area (Å²) in [6.07, 6.45) is -0.275. The molecule has 1 aliphatic heterocycles. The molecule has 2 rings (SSSR count). The summed E-state index contributed by atoms with van der Waals surface area (Å²) in [6, 6.07) is 5.38. The molecule has 1 unspecified atom stereocenters. The third-order valence-electron chi connectivity index (χ3n) is 3.99. The molecule has 0 N–H and O–H groups in total. The van der Waals surface area contributed by atoms with Gasteiger partial charge < -0.3 is 18.9 Å². The second kappa shape index (κ2) is 6.89. The van der Waals surface area contributed by atoms with Gasteiger partial charge in [0.15, 0.2) is 5.41 Å². The lowest BCUT2D eigenvalue weighted by Gasteiger charge is -2.29. The molecule has 0 saturated heterocycles. The normalized spacial score (nSPS) is 16.3. The minimum atomic E-state index is -1.52. The number of methoxy groups -OCH3 is 1. The Labute approximate surface area is 135 Å². The molecule has 1 aromatic rings. The minimum Gasteiger partial charge on any atom is -0.497 e. The molecule has 6 nitrogen and oxygen atoms in total. The molecule has 0 aromatic heterocycles. The third-order valence-corrected chi connectivity index (χ3v) is 3.99. The van der Waals surface area contributed by atoms with Crippen molar-refractivity contribution in [2.45, 2.75) is 33.3 Å². The standard InChI is InChI=1S/C17H22O6/c1-5-21-15(18)17(3,16(19)22-6-2)14-10-11-9-12(20-4)7-8-13(11)23-14/h7-9,14H,5-6,10H2,1-4H3. The molecular weight excluding hydrogens is 300 g/mol. The van der Waals surface area contributed by atoms with Crippen LogP contribution in [-0.2, 0) is 25.5 Å². The van der Waals surface area contributed by atoms with E-state index in [1.807, 2.05) is 6.07 Å². The fourth-order valence-corrected chi connectivity index (χ4v) is 2.58. The van der Waals surface area contributed by atoms with Gasteiger partial charge in [0.25, 0.3) is 0 Å². The lowest BCUT2D eigenvalue weighted by molar-refractivity contribution is -0.177. The molecule has 6 heteroatoms. The molecule has 1 aliphatic rings. The molecule has 1 aromatic carbocycles. The van der Waals surface area contributed by atoms with E-state index in [0.717, 1.165) is 5.56 Å². The summed E-state index contributed by atoms with van der Waals surface area (Å²) in [7, 11) is 1.58. The molecule has 0 fully saturated rings. The van der Waals surface area contributed by atoms with Gasteiger partial charge >= 0.3 is 11.9 Å². The lowest BCUT2D eigenvalue weighted by Crippen LogP contribution is -2.50. The van der Waals surface area contributed by atoms with Gasteiger partial charge in [0.2, 0.25) is 0 Å². The lowest BCUT2D eigenvalue weighted by atomic mass is 9.82. The molecule has 0 aliphatic carbocycles. The van der Waals surface area contributed by atoms with E-state index in [9.17, 15) is 9.59 Å². The van der Waals surface area contributed by atoms with Crippen molar-refractivity contribution in [3.8, 4) is 11.5 Å². The van der Waals surface area contributed by atoms with Gasteiger partial charge in [-0.1, -0.05) is 0 Å². The SMILES string of the molecule is CCOC(=O)C(C)(C(=O)OCC)C1Cc2cc(OC)ccc2O1. The summed E-state index contributed by atoms with van der Waals surface area (Å²) < 4.78 is 21.2. The number of rotatable bonds is 6. The highest BCUT2D eigenvalue weighted by atomic mass is 16.6. The van der Waals surface area contributed by atoms with E-state index in [4.69, 9.17) is 18.9 Å². The van der Waals surface area contributed by atoms with Crippen LogP contribution in [0.5, 0.6) is 11.5 Å². The third kappa shape index (κ3) is 3.11. The molecular formula is C17H22O6. The van der Waals surface area contributed by atoms with Crippen LogP contribution in [0.2, 0.25) is 0 Å². The summed E-state index contributed by atoms with van der Waals surface area (Å²) >= 11 is 0. The minimum absolute atomic E-state index is 0.182. The van der Waals surface area contributed by atoms with E-state index in [0.29, 0.717) is 17.9 Å². The van der Waals surface area contributed by atoms with Crippen LogP contribution < -0.4 is 9.47 Å². The monoisotopic (exact) mass is 322 g/mol. The number of esters is 2. The highest BCUT2D eigenvalue weighted by Gasteiger charge is 2.54. The summed E-state index contributed by atoms with van der Waals surface area (Å²) in [5.74, 6) is 0.0593. The van der Waals surface area contributed by atoms with Gasteiger partial charge in [0.05, 0.1) is 20.3 Å². The number of hydrogen-bond acceptors (Lipinski definition) is 6. The van der Waals surface area contributed by atoms with Crippen LogP contribution in [0.1, 0.15) is 26.3 Å². The molecule has 23 heavy (non-hydrogen) atoms. The Kier molecular flexibility index (Phi) is 5.13. The Morgan fingerprint density at radius 2 is 1.83 bits per heavy atom. The fourth-order valence-electron chi connectivity index (χ4n) is 2.58. The van der Waals surface area contributed by atoms with Crippen molar-refractivity contribution >= 4 is 11.9 Å². The first kappa shape index (κ1) is 17.1. The molecule has 126 valence electrons. The smallest absolute Gasteiger partial charge is 0.327 e. The second-order valence-corrected chi connectivity index (χ2v) is 5.43. The summed E-state index contributed by atoms with van der Waals surface area (Å²) in [5, 5.41) is 0. The molecule has 0 bridgehead atoms. The van der Waals surface area contributed by atoms with Crippen molar-refractivity contribution in [2.75, 3.05) is 20.3 Å². The zero-order valence-corrected chi connectivity index (χ0v) is 13.9. The van der Waals surface area contributed by atoms with Crippen molar-refractivity contribution in [1.29, 1.82) is 0 Å². The van der Waals surface area contributed by atoms with Crippen molar-refractivity contribution < 1.29 is 28.5 Å². The van der Waals surface area contributed by atoms with Crippen molar-refractivity contribution in [2.24, 2.45) is 5.41 Å². The average molecular weight is 322 g/mol. The van der Waals surface area contributed by atoms with Gasteiger partial charge in [0, 0.05) is 12.0 Å². The average Bonchev–Trinajstić information content (AvgIpc) is 2.97. The molecule has 0 amide bonds. The van der Waals surface area contributed by atoms with Gasteiger partial charge in [0.1, 0.15) is 17.6 Å². The van der Waals surface area contributed by atoms with Gasteiger partial charge in [-0.25, -0.2) is 0 Å². The van der Waals surface area contributed by atoms with Gasteiger partial charge in [-0.2, -0.15) is 0 Å². The molecule has 0 radical (unpaired) electrons. The van der Waals surface area contributed by atoms with Crippen LogP contribution in [0.15, 0.2) is 18.2 Å². The van der Waals surface area contributed by atoms with Gasteiger partial charge in [-0.3, -0.25) is 9.59 Å². The number of benzene rings is 1. The summed E-state index contributed by atoms with van der Waals surface area (Å²) in [6.45, 7) is 5.26. The number of ether oxygens (including phenoxy) is 4. The van der Waals surface area contributed by atoms with E-state index in [1.165, 1.54) is 6.92 Å². The van der Waals surface area contributed by atoms with Crippen LogP contribution in [-0.4, -0.2) is 38.4 Å². The number of carbonyl (C=O) groups is 2. The zero-order valence-electron chi connectivity index (χ0n) is 13.9. The predicted octanol–water partition coefficient (Wildman–Crippen LogP) is 2.13. The molecule has 1 atom stereocenters. The first-order chi connectivity index (χ1) is 11.0. The maximum atomic E-state index is 12.4. The number of hydrogen-bond donors (Lipinski definition) is 0. The quantitative estimate of drug-likeness (QED) is 0.590. The fraction of sp³-hybridized carbons (Fsp3) is 0.529. The van der Waals surface area contributed by atoms with Gasteiger partial charge in [-0.15, -0.1) is 0 Å². The Hall–Kier alpha value is -2.24. The highest BCUT2D eigenvalue weighted by Crippen LogP contribution is 2.40. The largest absolute Gasteiger partial charge is 0.497 e. The second-order valence-electron chi connectivity index (χ2n) is 5.43. The van der Waals surface area contributed by atoms with Crippen LogP contribution >= 0.6 is 0 Å². The Balaban J connectivity index is 2.31. The number of carbonyl (C=O) groups excluding carboxylic acids is 2. The highest BCUT2D eigenvalue weighted by molar-refractivity contribution is 6.00. The summed E-state index contributed by atoms with van der Waals surface area (Å²) in [4.78, 5) is 24.8. The Morgan fingerprint density at radius 3 is 2.35 bits per heavy atom. The maximum absolute atomic E-state index is 12.4. The van der Waals surface area contributed by atoms with Crippen molar-refractivity contribution in [3.05, 3.63) is 23.8 Å². The zero-order chi connectivity index (χ0) is 17.0. The number of fused-ring (bicyclic) bond motifs is 1. The van der Waals surface area contributed by atoms with E-state index < -0.39 is 23.5 Å². The van der Waals surface area contributed by atoms with E-state index in [-0.39, 0.29) is 13.2 Å². The van der Waals surface area contributed by atoms with Crippen molar-refractivity contribution in [1.82, 2.24) is 0 Å². The first-order valence-electron chi connectivity index (χ1n) is 7.65. The topological polar surface area (TPSA) is 71.1 Å².